The summed E-state index contributed by atoms with van der Waals surface area (Å²) in [6, 6.07) is 5.04. The molecule has 1 aromatic carbocycles. The standard InChI is InChI=1S/C15H24ClFN2/c1-11(2)7-14(10-19(3)4)18-9-12-8-13(16)5-6-15(12)17/h5-6,8,11,14,18H,7,9-10H2,1-4H3. The SMILES string of the molecule is CC(C)CC(CN(C)C)NCc1cc(Cl)ccc1F. The number of rotatable bonds is 7. The van der Waals surface area contributed by atoms with Crippen LogP contribution in [0.4, 0.5) is 4.39 Å². The molecule has 1 atom stereocenters. The molecule has 0 aliphatic rings. The third kappa shape index (κ3) is 6.37. The molecular formula is C15H24ClFN2. The number of hydrogen-bond donors (Lipinski definition) is 1. The number of halogens is 2. The van der Waals surface area contributed by atoms with Gasteiger partial charge < -0.3 is 10.2 Å². The van der Waals surface area contributed by atoms with Crippen LogP contribution < -0.4 is 5.32 Å². The highest BCUT2D eigenvalue weighted by atomic mass is 35.5. The second kappa shape index (κ2) is 7.83. The predicted molar refractivity (Wildman–Crippen MR) is 80.0 cm³/mol. The smallest absolute Gasteiger partial charge is 0.127 e. The average molecular weight is 287 g/mol. The Hall–Kier alpha value is -0.640. The molecule has 19 heavy (non-hydrogen) atoms. The molecular weight excluding hydrogens is 263 g/mol. The molecule has 1 rings (SSSR count). The number of nitrogens with one attached hydrogen (secondary N) is 1. The molecule has 0 heterocycles. The molecule has 0 bridgehead atoms. The summed E-state index contributed by atoms with van der Waals surface area (Å²) in [5, 5.41) is 4.00. The summed E-state index contributed by atoms with van der Waals surface area (Å²) in [6.07, 6.45) is 1.07. The van der Waals surface area contributed by atoms with E-state index in [9.17, 15) is 4.39 Å². The number of likely N-dealkylation sites (N-methyl/N-ethyl adjacent to an activating group) is 1. The topological polar surface area (TPSA) is 15.3 Å². The largest absolute Gasteiger partial charge is 0.309 e. The summed E-state index contributed by atoms with van der Waals surface area (Å²) in [5.74, 6) is 0.409. The summed E-state index contributed by atoms with van der Waals surface area (Å²) >= 11 is 5.90. The van der Waals surface area contributed by atoms with Crippen LogP contribution in [-0.4, -0.2) is 31.6 Å². The van der Waals surface area contributed by atoms with E-state index in [1.807, 2.05) is 0 Å². The Morgan fingerprint density at radius 1 is 1.32 bits per heavy atom. The third-order valence-corrected chi connectivity index (χ3v) is 3.17. The van der Waals surface area contributed by atoms with E-state index >= 15 is 0 Å². The van der Waals surface area contributed by atoms with E-state index in [2.05, 4.69) is 38.2 Å². The van der Waals surface area contributed by atoms with Gasteiger partial charge in [-0.1, -0.05) is 25.4 Å². The molecule has 0 saturated carbocycles. The fourth-order valence-corrected chi connectivity index (χ4v) is 2.36. The maximum atomic E-state index is 13.6. The Bertz CT molecular complexity index is 384. The minimum absolute atomic E-state index is 0.204. The number of nitrogens with zero attached hydrogens (tertiary/aromatic N) is 1. The zero-order chi connectivity index (χ0) is 14.4. The lowest BCUT2D eigenvalue weighted by Gasteiger charge is -2.24. The van der Waals surface area contributed by atoms with Crippen molar-refractivity contribution in [2.24, 2.45) is 5.92 Å². The van der Waals surface area contributed by atoms with Crippen molar-refractivity contribution < 1.29 is 4.39 Å². The van der Waals surface area contributed by atoms with Crippen molar-refractivity contribution in [3.05, 3.63) is 34.6 Å². The van der Waals surface area contributed by atoms with Gasteiger partial charge in [-0.2, -0.15) is 0 Å². The maximum Gasteiger partial charge on any atom is 0.127 e. The van der Waals surface area contributed by atoms with E-state index in [0.717, 1.165) is 13.0 Å². The Morgan fingerprint density at radius 2 is 2.00 bits per heavy atom. The molecule has 1 aromatic rings. The summed E-state index contributed by atoms with van der Waals surface area (Å²) in [4.78, 5) is 2.15. The van der Waals surface area contributed by atoms with E-state index in [4.69, 9.17) is 11.6 Å². The van der Waals surface area contributed by atoms with Crippen LogP contribution in [0.5, 0.6) is 0 Å². The van der Waals surface area contributed by atoms with Crippen molar-refractivity contribution in [3.8, 4) is 0 Å². The van der Waals surface area contributed by atoms with Crippen LogP contribution in [0.25, 0.3) is 0 Å². The van der Waals surface area contributed by atoms with E-state index in [-0.39, 0.29) is 5.82 Å². The monoisotopic (exact) mass is 286 g/mol. The predicted octanol–water partition coefficient (Wildman–Crippen LogP) is 3.55. The molecule has 0 spiro atoms. The van der Waals surface area contributed by atoms with Gasteiger partial charge in [-0.25, -0.2) is 4.39 Å². The molecule has 0 fully saturated rings. The molecule has 0 amide bonds. The van der Waals surface area contributed by atoms with Gasteiger partial charge >= 0.3 is 0 Å². The lowest BCUT2D eigenvalue weighted by molar-refractivity contribution is 0.304. The first kappa shape index (κ1) is 16.4. The average Bonchev–Trinajstić information content (AvgIpc) is 2.28. The summed E-state index contributed by atoms with van der Waals surface area (Å²) in [5.41, 5.74) is 0.625. The van der Waals surface area contributed by atoms with Crippen molar-refractivity contribution in [2.75, 3.05) is 20.6 Å². The van der Waals surface area contributed by atoms with Gasteiger partial charge in [0, 0.05) is 29.7 Å². The van der Waals surface area contributed by atoms with Crippen molar-refractivity contribution in [2.45, 2.75) is 32.9 Å². The maximum absolute atomic E-state index is 13.6. The van der Waals surface area contributed by atoms with Crippen LogP contribution in [0, 0.1) is 11.7 Å². The van der Waals surface area contributed by atoms with Gasteiger partial charge in [0.05, 0.1) is 0 Å². The van der Waals surface area contributed by atoms with Gasteiger partial charge in [0.25, 0.3) is 0 Å². The van der Waals surface area contributed by atoms with Crippen LogP contribution >= 0.6 is 11.6 Å². The van der Waals surface area contributed by atoms with Crippen molar-refractivity contribution in [3.63, 3.8) is 0 Å². The molecule has 108 valence electrons. The first-order valence-electron chi connectivity index (χ1n) is 6.70. The lowest BCUT2D eigenvalue weighted by Crippen LogP contribution is -2.39. The summed E-state index contributed by atoms with van der Waals surface area (Å²) in [6.45, 7) is 5.85. The Morgan fingerprint density at radius 3 is 2.58 bits per heavy atom. The van der Waals surface area contributed by atoms with E-state index in [0.29, 0.717) is 29.1 Å². The fourth-order valence-electron chi connectivity index (χ4n) is 2.17. The Balaban J connectivity index is 2.61. The van der Waals surface area contributed by atoms with Gasteiger partial charge in [-0.15, -0.1) is 0 Å². The molecule has 0 aliphatic carbocycles. The second-order valence-corrected chi connectivity index (χ2v) is 6.14. The van der Waals surface area contributed by atoms with Crippen LogP contribution in [-0.2, 0) is 6.54 Å². The summed E-state index contributed by atoms with van der Waals surface area (Å²) < 4.78 is 13.6. The number of hydrogen-bond acceptors (Lipinski definition) is 2. The van der Waals surface area contributed by atoms with E-state index < -0.39 is 0 Å². The molecule has 4 heteroatoms. The highest BCUT2D eigenvalue weighted by Crippen LogP contribution is 2.15. The van der Waals surface area contributed by atoms with E-state index in [1.54, 1.807) is 12.1 Å². The Labute approximate surface area is 120 Å². The molecule has 1 N–H and O–H groups in total. The molecule has 0 radical (unpaired) electrons. The quantitative estimate of drug-likeness (QED) is 0.825. The zero-order valence-electron chi connectivity index (χ0n) is 12.2. The van der Waals surface area contributed by atoms with Gasteiger partial charge in [-0.3, -0.25) is 0 Å². The molecule has 0 saturated heterocycles. The molecule has 2 nitrogen and oxygen atoms in total. The Kier molecular flexibility index (Phi) is 6.76. The van der Waals surface area contributed by atoms with Crippen LogP contribution in [0.15, 0.2) is 18.2 Å². The van der Waals surface area contributed by atoms with Crippen LogP contribution in [0.3, 0.4) is 0 Å². The van der Waals surface area contributed by atoms with Crippen LogP contribution in [0.2, 0.25) is 5.02 Å². The zero-order valence-corrected chi connectivity index (χ0v) is 13.0. The molecule has 0 aliphatic heterocycles. The number of benzene rings is 1. The van der Waals surface area contributed by atoms with Gasteiger partial charge in [0.15, 0.2) is 0 Å². The molecule has 1 unspecified atom stereocenters. The third-order valence-electron chi connectivity index (χ3n) is 2.93. The second-order valence-electron chi connectivity index (χ2n) is 5.71. The van der Waals surface area contributed by atoms with E-state index in [1.165, 1.54) is 6.07 Å². The highest BCUT2D eigenvalue weighted by Gasteiger charge is 2.12. The highest BCUT2D eigenvalue weighted by molar-refractivity contribution is 6.30. The van der Waals surface area contributed by atoms with Gasteiger partial charge in [0.2, 0.25) is 0 Å². The fraction of sp³-hybridized carbons (Fsp3) is 0.600. The first-order chi connectivity index (χ1) is 8.88. The summed E-state index contributed by atoms with van der Waals surface area (Å²) in [7, 11) is 4.10. The van der Waals surface area contributed by atoms with Crippen molar-refractivity contribution in [1.82, 2.24) is 10.2 Å². The van der Waals surface area contributed by atoms with Crippen molar-refractivity contribution in [1.29, 1.82) is 0 Å². The lowest BCUT2D eigenvalue weighted by atomic mass is 10.0. The normalized spacial score (nSPS) is 13.3. The van der Waals surface area contributed by atoms with Gasteiger partial charge in [0.1, 0.15) is 5.82 Å². The first-order valence-corrected chi connectivity index (χ1v) is 7.08. The van der Waals surface area contributed by atoms with Crippen LogP contribution in [0.1, 0.15) is 25.8 Å². The van der Waals surface area contributed by atoms with Crippen molar-refractivity contribution >= 4 is 11.6 Å². The minimum atomic E-state index is -0.204. The minimum Gasteiger partial charge on any atom is -0.309 e. The molecule has 0 aromatic heterocycles. The van der Waals surface area contributed by atoms with Gasteiger partial charge in [-0.05, 0) is 44.6 Å².